The maximum atomic E-state index is 12.2. The second kappa shape index (κ2) is 6.54. The van der Waals surface area contributed by atoms with Gasteiger partial charge in [0.1, 0.15) is 0 Å². The van der Waals surface area contributed by atoms with Crippen LogP contribution in [0.4, 0.5) is 5.69 Å². The number of halogens is 1. The minimum absolute atomic E-state index is 0.0287. The quantitative estimate of drug-likeness (QED) is 0.887. The van der Waals surface area contributed by atoms with Crippen LogP contribution >= 0.6 is 15.9 Å². The van der Waals surface area contributed by atoms with Crippen LogP contribution in [0.1, 0.15) is 21.5 Å². The lowest BCUT2D eigenvalue weighted by Crippen LogP contribution is -2.12. The summed E-state index contributed by atoms with van der Waals surface area (Å²) in [6.07, 6.45) is -0.0287. The van der Waals surface area contributed by atoms with Gasteiger partial charge in [-0.25, -0.2) is 0 Å². The number of hydrogen-bond donors (Lipinski definition) is 2. The number of carboxylic acids is 1. The number of benzene rings is 2. The molecule has 1 amide bonds. The summed E-state index contributed by atoms with van der Waals surface area (Å²) >= 11 is 3.36. The van der Waals surface area contributed by atoms with Gasteiger partial charge in [0.2, 0.25) is 0 Å². The average molecular weight is 348 g/mol. The molecule has 2 aromatic carbocycles. The molecule has 0 aliphatic heterocycles. The number of nitrogens with one attached hydrogen (secondary N) is 1. The first-order valence-electron chi connectivity index (χ1n) is 6.33. The second-order valence-electron chi connectivity index (χ2n) is 4.74. The number of rotatable bonds is 4. The first-order chi connectivity index (χ1) is 9.94. The van der Waals surface area contributed by atoms with Gasteiger partial charge in [0.05, 0.1) is 6.42 Å². The molecule has 5 heteroatoms. The van der Waals surface area contributed by atoms with E-state index in [0.29, 0.717) is 16.8 Å². The minimum atomic E-state index is -0.878. The summed E-state index contributed by atoms with van der Waals surface area (Å²) in [6.45, 7) is 1.92. The Labute approximate surface area is 130 Å². The van der Waals surface area contributed by atoms with E-state index in [9.17, 15) is 9.59 Å². The molecule has 0 fully saturated rings. The van der Waals surface area contributed by atoms with E-state index in [2.05, 4.69) is 21.2 Å². The Balaban J connectivity index is 2.10. The second-order valence-corrected chi connectivity index (χ2v) is 5.65. The predicted octanol–water partition coefficient (Wildman–Crippen LogP) is 3.64. The first-order valence-corrected chi connectivity index (χ1v) is 7.12. The lowest BCUT2D eigenvalue weighted by atomic mass is 10.1. The molecule has 108 valence electrons. The summed E-state index contributed by atoms with van der Waals surface area (Å²) < 4.78 is 0.851. The molecule has 0 bridgehead atoms. The van der Waals surface area contributed by atoms with Gasteiger partial charge in [0.25, 0.3) is 5.91 Å². The molecule has 2 aromatic rings. The van der Waals surface area contributed by atoms with Crippen molar-refractivity contribution in [2.45, 2.75) is 13.3 Å². The van der Waals surface area contributed by atoms with E-state index in [1.165, 1.54) is 0 Å². The van der Waals surface area contributed by atoms with Gasteiger partial charge < -0.3 is 10.4 Å². The number of carbonyl (C=O) groups is 2. The number of aliphatic carboxylic acids is 1. The summed E-state index contributed by atoms with van der Waals surface area (Å²) in [5.41, 5.74) is 2.88. The van der Waals surface area contributed by atoms with Crippen molar-refractivity contribution in [1.29, 1.82) is 0 Å². The highest BCUT2D eigenvalue weighted by atomic mass is 79.9. The van der Waals surface area contributed by atoms with E-state index in [-0.39, 0.29) is 12.3 Å². The van der Waals surface area contributed by atoms with Crippen LogP contribution in [-0.4, -0.2) is 17.0 Å². The first kappa shape index (κ1) is 15.3. The zero-order valence-electron chi connectivity index (χ0n) is 11.4. The van der Waals surface area contributed by atoms with E-state index in [0.717, 1.165) is 10.0 Å². The van der Waals surface area contributed by atoms with Gasteiger partial charge in [-0.05, 0) is 48.4 Å². The smallest absolute Gasteiger partial charge is 0.307 e. The molecule has 0 saturated heterocycles. The molecule has 2 rings (SSSR count). The Morgan fingerprint density at radius 1 is 1.14 bits per heavy atom. The van der Waals surface area contributed by atoms with E-state index in [1.807, 2.05) is 13.0 Å². The van der Waals surface area contributed by atoms with Gasteiger partial charge in [-0.1, -0.05) is 28.1 Å². The third-order valence-corrected chi connectivity index (χ3v) is 3.33. The molecule has 0 aromatic heterocycles. The molecule has 0 aliphatic rings. The Kier molecular flexibility index (Phi) is 4.75. The Morgan fingerprint density at radius 2 is 1.81 bits per heavy atom. The standard InChI is InChI=1S/C16H14BrNO3/c1-10-6-12(9-13(17)7-10)16(21)18-14-4-2-11(3-5-14)8-15(19)20/h2-7,9H,8H2,1H3,(H,18,21)(H,19,20). The van der Waals surface area contributed by atoms with Gasteiger partial charge in [-0.15, -0.1) is 0 Å². The number of hydrogen-bond acceptors (Lipinski definition) is 2. The van der Waals surface area contributed by atoms with Gasteiger partial charge in [-0.3, -0.25) is 9.59 Å². The third kappa shape index (κ3) is 4.43. The minimum Gasteiger partial charge on any atom is -0.481 e. The van der Waals surface area contributed by atoms with Crippen molar-refractivity contribution in [3.05, 3.63) is 63.6 Å². The number of aryl methyl sites for hydroxylation is 1. The highest BCUT2D eigenvalue weighted by molar-refractivity contribution is 9.10. The summed E-state index contributed by atoms with van der Waals surface area (Å²) in [7, 11) is 0. The van der Waals surface area contributed by atoms with Crippen LogP contribution in [0.3, 0.4) is 0 Å². The van der Waals surface area contributed by atoms with Gasteiger partial charge in [0, 0.05) is 15.7 Å². The molecule has 0 heterocycles. The van der Waals surface area contributed by atoms with Crippen LogP contribution in [0.5, 0.6) is 0 Å². The van der Waals surface area contributed by atoms with Crippen molar-refractivity contribution in [3.8, 4) is 0 Å². The van der Waals surface area contributed by atoms with Crippen molar-refractivity contribution < 1.29 is 14.7 Å². The Bertz CT molecular complexity index is 660. The van der Waals surface area contributed by atoms with Gasteiger partial charge >= 0.3 is 5.97 Å². The molecule has 0 unspecified atom stereocenters. The van der Waals surface area contributed by atoms with E-state index >= 15 is 0 Å². The van der Waals surface area contributed by atoms with Crippen molar-refractivity contribution in [2.75, 3.05) is 5.32 Å². The third-order valence-electron chi connectivity index (χ3n) is 2.87. The highest BCUT2D eigenvalue weighted by Gasteiger charge is 2.08. The van der Waals surface area contributed by atoms with Gasteiger partial charge in [-0.2, -0.15) is 0 Å². The van der Waals surface area contributed by atoms with E-state index in [1.54, 1.807) is 36.4 Å². The molecule has 4 nitrogen and oxygen atoms in total. The molecule has 2 N–H and O–H groups in total. The molecule has 0 radical (unpaired) electrons. The fourth-order valence-corrected chi connectivity index (χ4v) is 2.56. The monoisotopic (exact) mass is 347 g/mol. The van der Waals surface area contributed by atoms with E-state index in [4.69, 9.17) is 5.11 Å². The topological polar surface area (TPSA) is 66.4 Å². The maximum Gasteiger partial charge on any atom is 0.307 e. The zero-order valence-corrected chi connectivity index (χ0v) is 13.0. The summed E-state index contributed by atoms with van der Waals surface area (Å²) in [4.78, 5) is 22.8. The normalized spacial score (nSPS) is 10.2. The van der Waals surface area contributed by atoms with Crippen LogP contribution < -0.4 is 5.32 Å². The highest BCUT2D eigenvalue weighted by Crippen LogP contribution is 2.17. The Morgan fingerprint density at radius 3 is 2.38 bits per heavy atom. The largest absolute Gasteiger partial charge is 0.481 e. The van der Waals surface area contributed by atoms with E-state index < -0.39 is 5.97 Å². The van der Waals surface area contributed by atoms with Crippen LogP contribution in [-0.2, 0) is 11.2 Å². The van der Waals surface area contributed by atoms with Crippen LogP contribution in [0.2, 0.25) is 0 Å². The van der Waals surface area contributed by atoms with Gasteiger partial charge in [0.15, 0.2) is 0 Å². The zero-order chi connectivity index (χ0) is 15.4. The molecule has 0 atom stereocenters. The molecule has 0 saturated carbocycles. The lowest BCUT2D eigenvalue weighted by Gasteiger charge is -2.07. The van der Waals surface area contributed by atoms with Crippen LogP contribution in [0.25, 0.3) is 0 Å². The summed E-state index contributed by atoms with van der Waals surface area (Å²) in [6, 6.07) is 12.3. The molecular weight excluding hydrogens is 334 g/mol. The number of amides is 1. The van der Waals surface area contributed by atoms with Crippen molar-refractivity contribution >= 4 is 33.5 Å². The number of carboxylic acid groups (broad SMARTS) is 1. The summed E-state index contributed by atoms with van der Waals surface area (Å²) in [5, 5.41) is 11.5. The molecule has 0 aliphatic carbocycles. The van der Waals surface area contributed by atoms with Crippen LogP contribution in [0, 0.1) is 6.92 Å². The fourth-order valence-electron chi connectivity index (χ4n) is 1.95. The van der Waals surface area contributed by atoms with Crippen molar-refractivity contribution in [2.24, 2.45) is 0 Å². The molecular formula is C16H14BrNO3. The Hall–Kier alpha value is -2.14. The van der Waals surface area contributed by atoms with Crippen molar-refractivity contribution in [3.63, 3.8) is 0 Å². The molecule has 0 spiro atoms. The number of carbonyl (C=O) groups excluding carboxylic acids is 1. The average Bonchev–Trinajstić information content (AvgIpc) is 2.39. The fraction of sp³-hybridized carbons (Fsp3) is 0.125. The molecule has 21 heavy (non-hydrogen) atoms. The van der Waals surface area contributed by atoms with Crippen molar-refractivity contribution in [1.82, 2.24) is 0 Å². The number of anilines is 1. The maximum absolute atomic E-state index is 12.2. The summed E-state index contributed by atoms with van der Waals surface area (Å²) in [5.74, 6) is -1.08. The lowest BCUT2D eigenvalue weighted by molar-refractivity contribution is -0.136. The SMILES string of the molecule is Cc1cc(Br)cc(C(=O)Nc2ccc(CC(=O)O)cc2)c1. The van der Waals surface area contributed by atoms with Crippen LogP contribution in [0.15, 0.2) is 46.9 Å². The predicted molar refractivity (Wildman–Crippen MR) is 84.6 cm³/mol.